The summed E-state index contributed by atoms with van der Waals surface area (Å²) in [6.07, 6.45) is 0. The third-order valence-electron chi connectivity index (χ3n) is 6.86. The highest BCUT2D eigenvalue weighted by Gasteiger charge is 2.47. The molecule has 1 heterocycles. The fraction of sp³-hybridized carbons (Fsp3) is 0.161. The molecular weight excluding hydrogens is 462 g/mol. The first-order chi connectivity index (χ1) is 17.8. The van der Waals surface area contributed by atoms with E-state index in [2.05, 4.69) is 0 Å². The first kappa shape index (κ1) is 24.1. The Hall–Kier alpha value is -4.58. The molecule has 0 radical (unpaired) electrons. The van der Waals surface area contributed by atoms with Gasteiger partial charge >= 0.3 is 0 Å². The molecule has 0 saturated carbocycles. The molecule has 0 aromatic heterocycles. The summed E-state index contributed by atoms with van der Waals surface area (Å²) in [5, 5.41) is 13.4. The van der Waals surface area contributed by atoms with Gasteiger partial charge in [0.05, 0.1) is 11.6 Å². The van der Waals surface area contributed by atoms with Crippen LogP contribution < -0.4 is 14.7 Å². The van der Waals surface area contributed by atoms with Crippen molar-refractivity contribution in [3.05, 3.63) is 108 Å². The van der Waals surface area contributed by atoms with Gasteiger partial charge in [0.2, 0.25) is 0 Å². The van der Waals surface area contributed by atoms with Gasteiger partial charge in [-0.2, -0.15) is 0 Å². The summed E-state index contributed by atoms with van der Waals surface area (Å²) in [6, 6.07) is 27.7. The van der Waals surface area contributed by atoms with Gasteiger partial charge in [-0.25, -0.2) is 0 Å². The summed E-state index contributed by atoms with van der Waals surface area (Å²) in [5.74, 6) is -1.55. The third kappa shape index (κ3) is 4.20. The summed E-state index contributed by atoms with van der Waals surface area (Å²) in [7, 11) is 7.79. The fourth-order valence-corrected chi connectivity index (χ4v) is 4.86. The SMILES string of the molecule is CN(C)c1ccc(C2/C(=C(/O)c3cccc4ccccc34)C(=O)C(=O)N2c2ccc(N(C)C)cc2)cc1. The van der Waals surface area contributed by atoms with E-state index in [0.717, 1.165) is 27.7 Å². The van der Waals surface area contributed by atoms with Crippen LogP contribution in [0.1, 0.15) is 17.2 Å². The van der Waals surface area contributed by atoms with Crippen LogP contribution in [0.25, 0.3) is 16.5 Å². The topological polar surface area (TPSA) is 64.1 Å². The highest BCUT2D eigenvalue weighted by molar-refractivity contribution is 6.51. The van der Waals surface area contributed by atoms with Gasteiger partial charge in [0.15, 0.2) is 0 Å². The smallest absolute Gasteiger partial charge is 0.300 e. The van der Waals surface area contributed by atoms with Crippen LogP contribution in [-0.4, -0.2) is 45.0 Å². The minimum absolute atomic E-state index is 0.0793. The summed E-state index contributed by atoms with van der Waals surface area (Å²) in [5.41, 5.74) is 3.90. The second-order valence-corrected chi connectivity index (χ2v) is 9.59. The molecule has 1 amide bonds. The number of anilines is 3. The summed E-state index contributed by atoms with van der Waals surface area (Å²) in [6.45, 7) is 0. The van der Waals surface area contributed by atoms with Crippen molar-refractivity contribution in [3.8, 4) is 0 Å². The van der Waals surface area contributed by atoms with Crippen LogP contribution in [0, 0.1) is 0 Å². The highest BCUT2D eigenvalue weighted by atomic mass is 16.3. The van der Waals surface area contributed by atoms with E-state index in [4.69, 9.17) is 0 Å². The van der Waals surface area contributed by atoms with Crippen LogP contribution in [0.15, 0.2) is 96.6 Å². The van der Waals surface area contributed by atoms with E-state index in [9.17, 15) is 14.7 Å². The van der Waals surface area contributed by atoms with E-state index in [1.54, 1.807) is 6.07 Å². The largest absolute Gasteiger partial charge is 0.507 e. The van der Waals surface area contributed by atoms with Crippen LogP contribution in [0.2, 0.25) is 0 Å². The number of fused-ring (bicyclic) bond motifs is 1. The van der Waals surface area contributed by atoms with Crippen LogP contribution >= 0.6 is 0 Å². The molecule has 6 heteroatoms. The van der Waals surface area contributed by atoms with Gasteiger partial charge in [-0.05, 0) is 52.7 Å². The Morgan fingerprint density at radius 3 is 1.92 bits per heavy atom. The highest BCUT2D eigenvalue weighted by Crippen LogP contribution is 2.43. The lowest BCUT2D eigenvalue weighted by Crippen LogP contribution is -2.29. The fourth-order valence-electron chi connectivity index (χ4n) is 4.86. The van der Waals surface area contributed by atoms with Crippen molar-refractivity contribution >= 4 is 45.3 Å². The minimum Gasteiger partial charge on any atom is -0.507 e. The number of aliphatic hydroxyl groups excluding tert-OH is 1. The molecule has 186 valence electrons. The zero-order valence-electron chi connectivity index (χ0n) is 21.3. The average Bonchev–Trinajstić information content (AvgIpc) is 3.18. The van der Waals surface area contributed by atoms with Crippen molar-refractivity contribution in [2.24, 2.45) is 0 Å². The summed E-state index contributed by atoms with van der Waals surface area (Å²) < 4.78 is 0. The Morgan fingerprint density at radius 2 is 1.30 bits per heavy atom. The number of benzene rings is 4. The molecule has 1 atom stereocenters. The Labute approximate surface area is 216 Å². The second-order valence-electron chi connectivity index (χ2n) is 9.59. The van der Waals surface area contributed by atoms with Gasteiger partial charge < -0.3 is 14.9 Å². The third-order valence-corrected chi connectivity index (χ3v) is 6.86. The van der Waals surface area contributed by atoms with E-state index < -0.39 is 17.7 Å². The molecule has 1 fully saturated rings. The molecule has 1 N–H and O–H groups in total. The average molecular weight is 492 g/mol. The molecule has 0 aliphatic carbocycles. The molecule has 0 spiro atoms. The lowest BCUT2D eigenvalue weighted by Gasteiger charge is -2.26. The van der Waals surface area contributed by atoms with Crippen LogP contribution in [-0.2, 0) is 9.59 Å². The number of Topliss-reactive ketones (excluding diaryl/α,β-unsaturated/α-hetero) is 1. The number of amides is 1. The monoisotopic (exact) mass is 491 g/mol. The van der Waals surface area contributed by atoms with E-state index in [1.807, 2.05) is 123 Å². The van der Waals surface area contributed by atoms with Gasteiger partial charge in [-0.15, -0.1) is 0 Å². The van der Waals surface area contributed by atoms with Gasteiger partial charge in [0, 0.05) is 50.8 Å². The quantitative estimate of drug-likeness (QED) is 0.224. The lowest BCUT2D eigenvalue weighted by molar-refractivity contribution is -0.132. The normalized spacial score (nSPS) is 16.9. The molecule has 1 saturated heterocycles. The second kappa shape index (κ2) is 9.47. The van der Waals surface area contributed by atoms with Crippen LogP contribution in [0.4, 0.5) is 17.1 Å². The lowest BCUT2D eigenvalue weighted by atomic mass is 9.93. The standard InChI is InChI=1S/C31H29N3O3/c1-32(2)22-14-12-21(13-15-22)28-27(29(35)26-11-7-9-20-8-5-6-10-25(20)26)30(36)31(37)34(28)24-18-16-23(17-19-24)33(3)4/h5-19,28,35H,1-4H3/b29-27-. The van der Waals surface area contributed by atoms with E-state index in [0.29, 0.717) is 11.3 Å². The van der Waals surface area contributed by atoms with Crippen molar-refractivity contribution in [3.63, 3.8) is 0 Å². The number of carbonyl (C=O) groups is 2. The summed E-state index contributed by atoms with van der Waals surface area (Å²) in [4.78, 5) is 32.5. The van der Waals surface area contributed by atoms with Crippen LogP contribution in [0.5, 0.6) is 0 Å². The molecule has 4 aromatic carbocycles. The number of ketones is 1. The van der Waals surface area contributed by atoms with E-state index >= 15 is 0 Å². The van der Waals surface area contributed by atoms with Crippen molar-refractivity contribution in [2.45, 2.75) is 6.04 Å². The maximum absolute atomic E-state index is 13.5. The minimum atomic E-state index is -0.777. The maximum Gasteiger partial charge on any atom is 0.300 e. The molecule has 5 rings (SSSR count). The molecular formula is C31H29N3O3. The van der Waals surface area contributed by atoms with E-state index in [-0.39, 0.29) is 11.3 Å². The Kier molecular flexibility index (Phi) is 6.17. The first-order valence-electron chi connectivity index (χ1n) is 12.1. The maximum atomic E-state index is 13.5. The number of hydrogen-bond acceptors (Lipinski definition) is 5. The Balaban J connectivity index is 1.73. The van der Waals surface area contributed by atoms with Gasteiger partial charge in [0.25, 0.3) is 11.7 Å². The van der Waals surface area contributed by atoms with Crippen LogP contribution in [0.3, 0.4) is 0 Å². The number of carbonyl (C=O) groups excluding carboxylic acids is 2. The van der Waals surface area contributed by atoms with Crippen molar-refractivity contribution in [2.75, 3.05) is 42.9 Å². The van der Waals surface area contributed by atoms with Gasteiger partial charge in [-0.1, -0.05) is 54.6 Å². The molecule has 1 aliphatic rings. The molecule has 6 nitrogen and oxygen atoms in total. The van der Waals surface area contributed by atoms with Crippen molar-refractivity contribution in [1.29, 1.82) is 0 Å². The molecule has 1 unspecified atom stereocenters. The Morgan fingerprint density at radius 1 is 0.730 bits per heavy atom. The zero-order valence-corrected chi connectivity index (χ0v) is 21.3. The van der Waals surface area contributed by atoms with Crippen molar-refractivity contribution in [1.82, 2.24) is 0 Å². The molecule has 0 bridgehead atoms. The number of aliphatic hydroxyl groups is 1. The summed E-state index contributed by atoms with van der Waals surface area (Å²) >= 11 is 0. The predicted molar refractivity (Wildman–Crippen MR) is 150 cm³/mol. The zero-order chi connectivity index (χ0) is 26.3. The Bertz CT molecular complexity index is 1510. The van der Waals surface area contributed by atoms with Gasteiger partial charge in [0.1, 0.15) is 5.76 Å². The number of hydrogen-bond donors (Lipinski definition) is 1. The predicted octanol–water partition coefficient (Wildman–Crippen LogP) is 5.60. The molecule has 4 aromatic rings. The van der Waals surface area contributed by atoms with Gasteiger partial charge in [-0.3, -0.25) is 14.5 Å². The van der Waals surface area contributed by atoms with E-state index in [1.165, 1.54) is 4.90 Å². The number of nitrogens with zero attached hydrogens (tertiary/aromatic N) is 3. The first-order valence-corrected chi connectivity index (χ1v) is 12.1. The van der Waals surface area contributed by atoms with Crippen molar-refractivity contribution < 1.29 is 14.7 Å². The molecule has 1 aliphatic heterocycles. The molecule has 37 heavy (non-hydrogen) atoms. The number of rotatable bonds is 5.